The summed E-state index contributed by atoms with van der Waals surface area (Å²) in [7, 11) is 0. The maximum absolute atomic E-state index is 10.7. The van der Waals surface area contributed by atoms with Crippen molar-refractivity contribution in [1.29, 1.82) is 5.26 Å². The summed E-state index contributed by atoms with van der Waals surface area (Å²) in [6, 6.07) is 7.31. The summed E-state index contributed by atoms with van der Waals surface area (Å²) in [4.78, 5) is 14.6. The number of hydrogen-bond donors (Lipinski definition) is 2. The van der Waals surface area contributed by atoms with E-state index in [-0.39, 0.29) is 5.69 Å². The van der Waals surface area contributed by atoms with Crippen molar-refractivity contribution in [3.05, 3.63) is 40.4 Å². The van der Waals surface area contributed by atoms with Gasteiger partial charge < -0.3 is 10.4 Å². The van der Waals surface area contributed by atoms with Crippen molar-refractivity contribution in [3.8, 4) is 6.07 Å². The first-order valence-corrected chi connectivity index (χ1v) is 5.94. The highest BCUT2D eigenvalue weighted by Gasteiger charge is 2.09. The lowest BCUT2D eigenvalue weighted by atomic mass is 10.1. The van der Waals surface area contributed by atoms with Crippen LogP contribution in [0.4, 0.5) is 10.8 Å². The summed E-state index contributed by atoms with van der Waals surface area (Å²) in [6.45, 7) is 1.90. The van der Waals surface area contributed by atoms with Crippen LogP contribution in [-0.4, -0.2) is 16.1 Å². The molecular weight excluding hydrogens is 250 g/mol. The predicted octanol–water partition coefficient (Wildman–Crippen LogP) is 2.77. The second-order valence-electron chi connectivity index (χ2n) is 3.61. The molecule has 90 valence electrons. The monoisotopic (exact) mass is 259 g/mol. The van der Waals surface area contributed by atoms with E-state index in [2.05, 4.69) is 16.4 Å². The lowest BCUT2D eigenvalue weighted by molar-refractivity contribution is 0.0691. The summed E-state index contributed by atoms with van der Waals surface area (Å²) in [5, 5.41) is 22.6. The number of aromatic nitrogens is 1. The number of benzene rings is 1. The normalized spacial score (nSPS) is 9.78. The van der Waals surface area contributed by atoms with Crippen LogP contribution >= 0.6 is 11.3 Å². The molecule has 0 saturated heterocycles. The van der Waals surface area contributed by atoms with E-state index in [9.17, 15) is 4.79 Å². The summed E-state index contributed by atoms with van der Waals surface area (Å²) in [6.07, 6.45) is 0. The third-order valence-electron chi connectivity index (χ3n) is 2.33. The van der Waals surface area contributed by atoms with Crippen molar-refractivity contribution < 1.29 is 9.90 Å². The third kappa shape index (κ3) is 2.47. The molecular formula is C12H9N3O2S. The standard InChI is InChI=1S/C12H9N3O2S/c1-7-2-3-8(5-13)4-9(7)14-12-15-10(6-18-12)11(16)17/h2-4,6H,1H3,(H,14,15)(H,16,17). The molecule has 0 unspecified atom stereocenters. The molecule has 0 amide bonds. The summed E-state index contributed by atoms with van der Waals surface area (Å²) in [5.74, 6) is -1.05. The van der Waals surface area contributed by atoms with Gasteiger partial charge in [0, 0.05) is 11.1 Å². The first kappa shape index (κ1) is 12.1. The van der Waals surface area contributed by atoms with Crippen molar-refractivity contribution in [1.82, 2.24) is 4.98 Å². The van der Waals surface area contributed by atoms with Gasteiger partial charge in [0.15, 0.2) is 10.8 Å². The van der Waals surface area contributed by atoms with Crippen LogP contribution < -0.4 is 5.32 Å². The number of hydrogen-bond acceptors (Lipinski definition) is 5. The number of carboxylic acid groups (broad SMARTS) is 1. The molecule has 0 spiro atoms. The SMILES string of the molecule is Cc1ccc(C#N)cc1Nc1nc(C(=O)O)cs1. The largest absolute Gasteiger partial charge is 0.476 e. The first-order valence-electron chi connectivity index (χ1n) is 5.07. The number of aryl methyl sites for hydroxylation is 1. The Balaban J connectivity index is 2.28. The fourth-order valence-electron chi connectivity index (χ4n) is 1.37. The molecule has 18 heavy (non-hydrogen) atoms. The molecule has 0 atom stereocenters. The van der Waals surface area contributed by atoms with Gasteiger partial charge in [-0.05, 0) is 24.6 Å². The maximum atomic E-state index is 10.7. The van der Waals surface area contributed by atoms with Gasteiger partial charge in [0.2, 0.25) is 0 Å². The van der Waals surface area contributed by atoms with Crippen molar-refractivity contribution in [2.45, 2.75) is 6.92 Å². The molecule has 0 aliphatic heterocycles. The number of nitrogens with zero attached hydrogens (tertiary/aromatic N) is 2. The van der Waals surface area contributed by atoms with Gasteiger partial charge in [0.25, 0.3) is 0 Å². The van der Waals surface area contributed by atoms with Crippen molar-refractivity contribution in [2.24, 2.45) is 0 Å². The number of rotatable bonds is 3. The maximum Gasteiger partial charge on any atom is 0.355 e. The Bertz CT molecular complexity index is 643. The van der Waals surface area contributed by atoms with Crippen LogP contribution in [0.25, 0.3) is 0 Å². The van der Waals surface area contributed by atoms with E-state index in [1.807, 2.05) is 13.0 Å². The lowest BCUT2D eigenvalue weighted by Crippen LogP contribution is -1.98. The smallest absolute Gasteiger partial charge is 0.355 e. The molecule has 0 fully saturated rings. The van der Waals surface area contributed by atoms with Crippen LogP contribution in [0.1, 0.15) is 21.6 Å². The Labute approximate surface area is 107 Å². The molecule has 1 aromatic heterocycles. The van der Waals surface area contributed by atoms with Gasteiger partial charge in [0.1, 0.15) is 0 Å². The number of nitrogens with one attached hydrogen (secondary N) is 1. The Morgan fingerprint density at radius 3 is 2.94 bits per heavy atom. The first-order chi connectivity index (χ1) is 8.60. The predicted molar refractivity (Wildman–Crippen MR) is 68.3 cm³/mol. The fourth-order valence-corrected chi connectivity index (χ4v) is 2.07. The van der Waals surface area contributed by atoms with Gasteiger partial charge in [-0.2, -0.15) is 5.26 Å². The Morgan fingerprint density at radius 1 is 1.56 bits per heavy atom. The average molecular weight is 259 g/mol. The summed E-state index contributed by atoms with van der Waals surface area (Å²) < 4.78 is 0. The van der Waals surface area contributed by atoms with E-state index in [1.54, 1.807) is 12.1 Å². The molecule has 2 rings (SSSR count). The highest BCUT2D eigenvalue weighted by atomic mass is 32.1. The zero-order chi connectivity index (χ0) is 13.1. The summed E-state index contributed by atoms with van der Waals surface area (Å²) >= 11 is 1.21. The van der Waals surface area contributed by atoms with Gasteiger partial charge in [-0.3, -0.25) is 0 Å². The number of carbonyl (C=O) groups is 1. The third-order valence-corrected chi connectivity index (χ3v) is 3.09. The van der Waals surface area contributed by atoms with Gasteiger partial charge in [-0.15, -0.1) is 11.3 Å². The fraction of sp³-hybridized carbons (Fsp3) is 0.0833. The van der Waals surface area contributed by atoms with Crippen molar-refractivity contribution in [3.63, 3.8) is 0 Å². The van der Waals surface area contributed by atoms with E-state index in [0.717, 1.165) is 11.3 Å². The Morgan fingerprint density at radius 2 is 2.33 bits per heavy atom. The minimum absolute atomic E-state index is 0.0107. The Hall–Kier alpha value is -2.39. The molecule has 0 aliphatic carbocycles. The number of thiazole rings is 1. The zero-order valence-corrected chi connectivity index (χ0v) is 10.3. The molecule has 1 heterocycles. The molecule has 5 nitrogen and oxygen atoms in total. The van der Waals surface area contributed by atoms with Crippen LogP contribution in [0.2, 0.25) is 0 Å². The lowest BCUT2D eigenvalue weighted by Gasteiger charge is -2.06. The van der Waals surface area contributed by atoms with Gasteiger partial charge >= 0.3 is 5.97 Å². The van der Waals surface area contributed by atoms with Crippen LogP contribution in [0.15, 0.2) is 23.6 Å². The second-order valence-corrected chi connectivity index (χ2v) is 4.47. The number of aromatic carboxylic acids is 1. The molecule has 2 aromatic rings. The molecule has 0 radical (unpaired) electrons. The van der Waals surface area contributed by atoms with Crippen LogP contribution in [0.3, 0.4) is 0 Å². The molecule has 0 aliphatic rings. The topological polar surface area (TPSA) is 86.0 Å². The minimum atomic E-state index is -1.05. The number of nitriles is 1. The van der Waals surface area contributed by atoms with Crippen molar-refractivity contribution >= 4 is 28.1 Å². The molecule has 6 heteroatoms. The van der Waals surface area contributed by atoms with Crippen LogP contribution in [0, 0.1) is 18.3 Å². The average Bonchev–Trinajstić information content (AvgIpc) is 2.81. The van der Waals surface area contributed by atoms with Gasteiger partial charge in [-0.25, -0.2) is 9.78 Å². The molecule has 0 saturated carbocycles. The van der Waals surface area contributed by atoms with E-state index in [0.29, 0.717) is 10.7 Å². The molecule has 2 N–H and O–H groups in total. The zero-order valence-electron chi connectivity index (χ0n) is 9.47. The van der Waals surface area contributed by atoms with E-state index >= 15 is 0 Å². The van der Waals surface area contributed by atoms with E-state index in [1.165, 1.54) is 16.7 Å². The van der Waals surface area contributed by atoms with E-state index < -0.39 is 5.97 Å². The van der Waals surface area contributed by atoms with Crippen LogP contribution in [0.5, 0.6) is 0 Å². The highest BCUT2D eigenvalue weighted by Crippen LogP contribution is 2.24. The highest BCUT2D eigenvalue weighted by molar-refractivity contribution is 7.14. The second kappa shape index (κ2) is 4.85. The quantitative estimate of drug-likeness (QED) is 0.885. The van der Waals surface area contributed by atoms with Gasteiger partial charge in [-0.1, -0.05) is 6.07 Å². The number of anilines is 2. The number of carboxylic acids is 1. The van der Waals surface area contributed by atoms with E-state index in [4.69, 9.17) is 10.4 Å². The summed E-state index contributed by atoms with van der Waals surface area (Å²) in [5.41, 5.74) is 2.26. The minimum Gasteiger partial charge on any atom is -0.476 e. The Kier molecular flexibility index (Phi) is 3.26. The van der Waals surface area contributed by atoms with Crippen molar-refractivity contribution in [2.75, 3.05) is 5.32 Å². The van der Waals surface area contributed by atoms with Crippen LogP contribution in [-0.2, 0) is 0 Å². The van der Waals surface area contributed by atoms with Gasteiger partial charge in [0.05, 0.1) is 11.6 Å². The molecule has 0 bridgehead atoms. The molecule has 1 aromatic carbocycles.